The van der Waals surface area contributed by atoms with Crippen molar-refractivity contribution >= 4 is 17.9 Å². The summed E-state index contributed by atoms with van der Waals surface area (Å²) in [7, 11) is 0. The normalized spacial score (nSPS) is 16.0. The van der Waals surface area contributed by atoms with Crippen molar-refractivity contribution in [1.29, 1.82) is 5.26 Å². The van der Waals surface area contributed by atoms with Crippen LogP contribution in [0.5, 0.6) is 5.88 Å². The quantitative estimate of drug-likeness (QED) is 0.425. The number of nitro groups is 1. The molecular formula is C14H9N5O4S. The zero-order valence-corrected chi connectivity index (χ0v) is 12.7. The lowest BCUT2D eigenvalue weighted by molar-refractivity contribution is -0.384. The van der Waals surface area contributed by atoms with Gasteiger partial charge in [0.25, 0.3) is 11.2 Å². The molecule has 9 nitrogen and oxygen atoms in total. The lowest BCUT2D eigenvalue weighted by Crippen LogP contribution is -2.28. The van der Waals surface area contributed by atoms with Gasteiger partial charge in [0.1, 0.15) is 11.6 Å². The summed E-state index contributed by atoms with van der Waals surface area (Å²) in [5.74, 6) is -0.941. The van der Waals surface area contributed by atoms with Crippen molar-refractivity contribution in [1.82, 2.24) is 9.97 Å². The van der Waals surface area contributed by atoms with Gasteiger partial charge in [-0.15, -0.1) is 0 Å². The molecule has 0 fully saturated rings. The molecule has 1 aromatic heterocycles. The molecular weight excluding hydrogens is 334 g/mol. The van der Waals surface area contributed by atoms with Crippen molar-refractivity contribution in [3.63, 3.8) is 0 Å². The Morgan fingerprint density at radius 3 is 2.58 bits per heavy atom. The first kappa shape index (κ1) is 15.4. The van der Waals surface area contributed by atoms with Gasteiger partial charge >= 0.3 is 0 Å². The molecule has 1 aromatic carbocycles. The maximum atomic E-state index is 12.3. The highest BCUT2D eigenvalue weighted by Crippen LogP contribution is 2.39. The second-order valence-corrected chi connectivity index (χ2v) is 5.33. The van der Waals surface area contributed by atoms with Gasteiger partial charge in [-0.2, -0.15) is 5.26 Å². The number of aromatic nitrogens is 2. The molecule has 120 valence electrons. The third-order valence-electron chi connectivity index (χ3n) is 3.56. The highest BCUT2D eigenvalue weighted by atomic mass is 32.1. The van der Waals surface area contributed by atoms with E-state index in [0.717, 1.165) is 0 Å². The average molecular weight is 343 g/mol. The smallest absolute Gasteiger partial charge is 0.269 e. The van der Waals surface area contributed by atoms with E-state index in [0.29, 0.717) is 5.56 Å². The number of non-ortho nitro benzene ring substituents is 1. The van der Waals surface area contributed by atoms with Crippen molar-refractivity contribution < 1.29 is 9.66 Å². The summed E-state index contributed by atoms with van der Waals surface area (Å²) in [6.07, 6.45) is 0. The molecule has 0 radical (unpaired) electrons. The number of fused-ring (bicyclic) bond motifs is 1. The zero-order valence-electron chi connectivity index (χ0n) is 11.9. The van der Waals surface area contributed by atoms with Crippen molar-refractivity contribution in [2.24, 2.45) is 5.73 Å². The van der Waals surface area contributed by atoms with Crippen molar-refractivity contribution in [3.05, 3.63) is 72.1 Å². The number of allylic oxidation sites excluding steroid dienone is 1. The van der Waals surface area contributed by atoms with Gasteiger partial charge in [0, 0.05) is 12.1 Å². The van der Waals surface area contributed by atoms with Crippen molar-refractivity contribution in [2.45, 2.75) is 5.92 Å². The predicted octanol–water partition coefficient (Wildman–Crippen LogP) is 1.56. The predicted molar refractivity (Wildman–Crippen MR) is 84.6 cm³/mol. The lowest BCUT2D eigenvalue weighted by atomic mass is 9.85. The standard InChI is InChI=1S/C14H9N5O4S/c15-5-8-9(6-1-3-7(4-2-6)19(21)22)10-12(20)17-14(24)18-13(10)23-11(8)16/h1-4,9H,16H2,(H2,17,18,20,24). The third-order valence-corrected chi connectivity index (χ3v) is 3.76. The summed E-state index contributed by atoms with van der Waals surface area (Å²) >= 11 is 4.89. The Labute approximate surface area is 139 Å². The molecule has 0 bridgehead atoms. The van der Waals surface area contributed by atoms with E-state index in [4.69, 9.17) is 22.7 Å². The number of nitrogens with zero attached hydrogens (tertiary/aromatic N) is 2. The maximum Gasteiger partial charge on any atom is 0.269 e. The number of nitrogens with two attached hydrogens (primary N) is 1. The molecule has 1 unspecified atom stereocenters. The number of benzene rings is 1. The van der Waals surface area contributed by atoms with Gasteiger partial charge in [0.15, 0.2) is 4.77 Å². The largest absolute Gasteiger partial charge is 0.424 e. The third kappa shape index (κ3) is 2.42. The molecule has 24 heavy (non-hydrogen) atoms. The van der Waals surface area contributed by atoms with Crippen LogP contribution < -0.4 is 16.0 Å². The summed E-state index contributed by atoms with van der Waals surface area (Å²) in [5.41, 5.74) is 5.78. The van der Waals surface area contributed by atoms with Gasteiger partial charge in [0.2, 0.25) is 11.8 Å². The van der Waals surface area contributed by atoms with Crippen LogP contribution in [-0.4, -0.2) is 14.9 Å². The minimum absolute atomic E-state index is 0.0346. The monoisotopic (exact) mass is 343 g/mol. The zero-order chi connectivity index (χ0) is 17.4. The topological polar surface area (TPSA) is 151 Å². The van der Waals surface area contributed by atoms with E-state index in [1.807, 2.05) is 6.07 Å². The average Bonchev–Trinajstić information content (AvgIpc) is 2.53. The van der Waals surface area contributed by atoms with Crippen LogP contribution in [0.4, 0.5) is 5.69 Å². The molecule has 0 aliphatic carbocycles. The highest BCUT2D eigenvalue weighted by Gasteiger charge is 2.34. The van der Waals surface area contributed by atoms with E-state index in [1.54, 1.807) is 0 Å². The first-order valence-corrected chi connectivity index (χ1v) is 7.01. The van der Waals surface area contributed by atoms with Gasteiger partial charge in [0.05, 0.1) is 16.4 Å². The molecule has 0 spiro atoms. The Morgan fingerprint density at radius 2 is 2.00 bits per heavy atom. The first-order valence-electron chi connectivity index (χ1n) is 6.60. The van der Waals surface area contributed by atoms with Gasteiger partial charge in [-0.1, -0.05) is 12.1 Å². The molecule has 2 heterocycles. The summed E-state index contributed by atoms with van der Waals surface area (Å²) in [5, 5.41) is 20.2. The fourth-order valence-corrected chi connectivity index (χ4v) is 2.70. The van der Waals surface area contributed by atoms with E-state index in [-0.39, 0.29) is 33.4 Å². The molecule has 1 atom stereocenters. The number of rotatable bonds is 2. The SMILES string of the molecule is N#CC1=C(N)Oc2[nH]c(=S)[nH]c(=O)c2C1c1ccc([N+](=O)[O-])cc1. The molecule has 1 aliphatic heterocycles. The van der Waals surface area contributed by atoms with E-state index in [1.165, 1.54) is 24.3 Å². The summed E-state index contributed by atoms with van der Waals surface area (Å²) in [4.78, 5) is 27.7. The van der Waals surface area contributed by atoms with Gasteiger partial charge in [-0.25, -0.2) is 0 Å². The van der Waals surface area contributed by atoms with Crippen LogP contribution in [-0.2, 0) is 0 Å². The molecule has 0 amide bonds. The van der Waals surface area contributed by atoms with E-state index in [9.17, 15) is 20.2 Å². The van der Waals surface area contributed by atoms with Crippen LogP contribution in [0.25, 0.3) is 0 Å². The van der Waals surface area contributed by atoms with Gasteiger partial charge in [-0.05, 0) is 17.8 Å². The maximum absolute atomic E-state index is 12.3. The molecule has 0 saturated heterocycles. The molecule has 2 aromatic rings. The number of nitro benzene ring substituents is 1. The minimum atomic E-state index is -0.824. The second-order valence-electron chi connectivity index (χ2n) is 4.92. The van der Waals surface area contributed by atoms with Gasteiger partial charge in [-0.3, -0.25) is 19.9 Å². The van der Waals surface area contributed by atoms with Crippen LogP contribution in [0.3, 0.4) is 0 Å². The van der Waals surface area contributed by atoms with Crippen LogP contribution in [0.15, 0.2) is 40.5 Å². The van der Waals surface area contributed by atoms with E-state index >= 15 is 0 Å². The minimum Gasteiger partial charge on any atom is -0.424 e. The number of H-pyrrole nitrogens is 2. The summed E-state index contributed by atoms with van der Waals surface area (Å²) < 4.78 is 5.35. The number of nitrogens with one attached hydrogen (secondary N) is 2. The number of aromatic amines is 2. The van der Waals surface area contributed by atoms with Crippen LogP contribution in [0.1, 0.15) is 17.0 Å². The Kier molecular flexibility index (Phi) is 3.63. The summed E-state index contributed by atoms with van der Waals surface area (Å²) in [6, 6.07) is 7.42. The van der Waals surface area contributed by atoms with Gasteiger partial charge < -0.3 is 15.5 Å². The molecule has 4 N–H and O–H groups in total. The number of ether oxygens (including phenoxy) is 1. The van der Waals surface area contributed by atoms with Crippen LogP contribution in [0, 0.1) is 26.2 Å². The number of hydrogen-bond acceptors (Lipinski definition) is 7. The number of nitriles is 1. The molecule has 0 saturated carbocycles. The molecule has 1 aliphatic rings. The molecule has 3 rings (SSSR count). The Balaban J connectivity index is 2.25. The van der Waals surface area contributed by atoms with Crippen molar-refractivity contribution in [2.75, 3.05) is 0 Å². The number of hydrogen-bond donors (Lipinski definition) is 3. The fraction of sp³-hybridized carbons (Fsp3) is 0.0714. The summed E-state index contributed by atoms with van der Waals surface area (Å²) in [6.45, 7) is 0. The fourth-order valence-electron chi connectivity index (χ4n) is 2.51. The van der Waals surface area contributed by atoms with E-state index in [2.05, 4.69) is 9.97 Å². The van der Waals surface area contributed by atoms with Crippen LogP contribution in [0.2, 0.25) is 0 Å². The highest BCUT2D eigenvalue weighted by molar-refractivity contribution is 7.71. The Bertz CT molecular complexity index is 1030. The first-order chi connectivity index (χ1) is 11.4. The lowest BCUT2D eigenvalue weighted by Gasteiger charge is -2.24. The second kappa shape index (κ2) is 5.64. The van der Waals surface area contributed by atoms with E-state index < -0.39 is 16.4 Å². The Morgan fingerprint density at radius 1 is 1.33 bits per heavy atom. The van der Waals surface area contributed by atoms with Crippen molar-refractivity contribution in [3.8, 4) is 11.9 Å². The van der Waals surface area contributed by atoms with Crippen LogP contribution >= 0.6 is 12.2 Å². The Hall–Kier alpha value is -3.45. The molecule has 10 heteroatoms.